The van der Waals surface area contributed by atoms with Gasteiger partial charge in [-0.05, 0) is 33.2 Å². The third-order valence-corrected chi connectivity index (χ3v) is 3.19. The first-order valence-corrected chi connectivity index (χ1v) is 7.30. The van der Waals surface area contributed by atoms with Crippen molar-refractivity contribution in [3.63, 3.8) is 0 Å². The van der Waals surface area contributed by atoms with E-state index in [2.05, 4.69) is 10.2 Å². The van der Waals surface area contributed by atoms with Crippen LogP contribution in [0.5, 0.6) is 5.75 Å². The van der Waals surface area contributed by atoms with Gasteiger partial charge in [0.1, 0.15) is 5.75 Å². The second-order valence-electron chi connectivity index (χ2n) is 5.38. The van der Waals surface area contributed by atoms with Crippen molar-refractivity contribution in [2.45, 2.75) is 13.0 Å². The molecule has 0 aliphatic carbocycles. The van der Waals surface area contributed by atoms with Crippen molar-refractivity contribution in [1.29, 1.82) is 0 Å². The number of likely N-dealkylation sites (N-methyl/N-ethyl adjacent to an activating group) is 1. The maximum absolute atomic E-state index is 10.2. The second kappa shape index (κ2) is 9.73. The van der Waals surface area contributed by atoms with E-state index in [1.54, 1.807) is 7.11 Å². The van der Waals surface area contributed by atoms with E-state index < -0.39 is 6.10 Å². The standard InChI is InChI=1S/C16H28N2O3/c1-13-5-6-16(20-4)14(11-13)15(19)12-17-7-9-21-10-8-18(2)3/h5-6,11,15,17,19H,7-10,12H2,1-4H3. The summed E-state index contributed by atoms with van der Waals surface area (Å²) in [4.78, 5) is 2.08. The highest BCUT2D eigenvalue weighted by Crippen LogP contribution is 2.25. The van der Waals surface area contributed by atoms with E-state index in [1.165, 1.54) is 0 Å². The highest BCUT2D eigenvalue weighted by atomic mass is 16.5. The van der Waals surface area contributed by atoms with Gasteiger partial charge in [0.05, 0.1) is 26.4 Å². The average molecular weight is 296 g/mol. The monoisotopic (exact) mass is 296 g/mol. The van der Waals surface area contributed by atoms with Crippen LogP contribution in [0.1, 0.15) is 17.2 Å². The first-order chi connectivity index (χ1) is 10.0. The summed E-state index contributed by atoms with van der Waals surface area (Å²) >= 11 is 0. The minimum absolute atomic E-state index is 0.483. The topological polar surface area (TPSA) is 54.0 Å². The van der Waals surface area contributed by atoms with Crippen molar-refractivity contribution in [2.24, 2.45) is 0 Å². The van der Waals surface area contributed by atoms with Crippen LogP contribution < -0.4 is 10.1 Å². The fourth-order valence-electron chi connectivity index (χ4n) is 1.96. The molecule has 1 atom stereocenters. The van der Waals surface area contributed by atoms with Gasteiger partial charge < -0.3 is 24.8 Å². The molecule has 0 radical (unpaired) electrons. The lowest BCUT2D eigenvalue weighted by Crippen LogP contribution is -2.27. The third-order valence-electron chi connectivity index (χ3n) is 3.19. The van der Waals surface area contributed by atoms with Crippen molar-refractivity contribution >= 4 is 0 Å². The molecule has 21 heavy (non-hydrogen) atoms. The molecule has 0 aliphatic rings. The zero-order valence-electron chi connectivity index (χ0n) is 13.6. The molecule has 0 aromatic heterocycles. The molecule has 1 aromatic rings. The van der Waals surface area contributed by atoms with E-state index >= 15 is 0 Å². The van der Waals surface area contributed by atoms with Crippen molar-refractivity contribution < 1.29 is 14.6 Å². The largest absolute Gasteiger partial charge is 0.496 e. The van der Waals surface area contributed by atoms with E-state index in [1.807, 2.05) is 39.2 Å². The summed E-state index contributed by atoms with van der Waals surface area (Å²) in [5, 5.41) is 13.4. The maximum Gasteiger partial charge on any atom is 0.124 e. The zero-order chi connectivity index (χ0) is 15.7. The predicted molar refractivity (Wildman–Crippen MR) is 84.9 cm³/mol. The molecular weight excluding hydrogens is 268 g/mol. The number of benzene rings is 1. The molecule has 0 saturated carbocycles. The quantitative estimate of drug-likeness (QED) is 0.636. The lowest BCUT2D eigenvalue weighted by Gasteiger charge is -2.16. The van der Waals surface area contributed by atoms with Crippen LogP contribution in [0.3, 0.4) is 0 Å². The predicted octanol–water partition coefficient (Wildman–Crippen LogP) is 1.20. The van der Waals surface area contributed by atoms with Crippen LogP contribution in [0.4, 0.5) is 0 Å². The van der Waals surface area contributed by atoms with Gasteiger partial charge in [0.25, 0.3) is 0 Å². The average Bonchev–Trinajstić information content (AvgIpc) is 2.45. The number of aliphatic hydroxyl groups is 1. The Bertz CT molecular complexity index is 411. The fourth-order valence-corrected chi connectivity index (χ4v) is 1.96. The van der Waals surface area contributed by atoms with Crippen LogP contribution in [0.15, 0.2) is 18.2 Å². The van der Waals surface area contributed by atoms with E-state index in [9.17, 15) is 5.11 Å². The second-order valence-corrected chi connectivity index (χ2v) is 5.38. The van der Waals surface area contributed by atoms with E-state index in [0.717, 1.165) is 36.6 Å². The molecule has 120 valence electrons. The Morgan fingerprint density at radius 2 is 2.05 bits per heavy atom. The van der Waals surface area contributed by atoms with Crippen molar-refractivity contribution in [3.8, 4) is 5.75 Å². The summed E-state index contributed by atoms with van der Waals surface area (Å²) in [5.74, 6) is 0.720. The third kappa shape index (κ3) is 6.91. The molecule has 0 heterocycles. The van der Waals surface area contributed by atoms with Crippen LogP contribution in [-0.2, 0) is 4.74 Å². The summed E-state index contributed by atoms with van der Waals surface area (Å²) in [6, 6.07) is 5.82. The van der Waals surface area contributed by atoms with Gasteiger partial charge in [-0.1, -0.05) is 11.6 Å². The summed E-state index contributed by atoms with van der Waals surface area (Å²) in [6.45, 7) is 5.49. The Hall–Kier alpha value is -1.14. The van der Waals surface area contributed by atoms with Gasteiger partial charge >= 0.3 is 0 Å². The molecule has 2 N–H and O–H groups in total. The number of aliphatic hydroxyl groups excluding tert-OH is 1. The van der Waals surface area contributed by atoms with Gasteiger partial charge in [-0.3, -0.25) is 0 Å². The molecule has 5 heteroatoms. The highest BCUT2D eigenvalue weighted by molar-refractivity contribution is 5.38. The van der Waals surface area contributed by atoms with Gasteiger partial charge in [0.2, 0.25) is 0 Å². The Morgan fingerprint density at radius 3 is 2.71 bits per heavy atom. The molecule has 0 fully saturated rings. The van der Waals surface area contributed by atoms with E-state index in [4.69, 9.17) is 9.47 Å². The Kier molecular flexibility index (Phi) is 8.30. The lowest BCUT2D eigenvalue weighted by molar-refractivity contribution is 0.114. The number of hydrogen-bond acceptors (Lipinski definition) is 5. The SMILES string of the molecule is COc1ccc(C)cc1C(O)CNCCOCCN(C)C. The minimum Gasteiger partial charge on any atom is -0.496 e. The van der Waals surface area contributed by atoms with Crippen LogP contribution in [-0.4, -0.2) is 64.1 Å². The molecule has 1 rings (SSSR count). The molecule has 5 nitrogen and oxygen atoms in total. The molecule has 1 aromatic carbocycles. The molecule has 0 amide bonds. The molecular formula is C16H28N2O3. The number of methoxy groups -OCH3 is 1. The van der Waals surface area contributed by atoms with Gasteiger partial charge in [-0.25, -0.2) is 0 Å². The highest BCUT2D eigenvalue weighted by Gasteiger charge is 2.12. The van der Waals surface area contributed by atoms with E-state index in [0.29, 0.717) is 13.2 Å². The zero-order valence-corrected chi connectivity index (χ0v) is 13.6. The molecule has 0 aliphatic heterocycles. The van der Waals surface area contributed by atoms with Crippen molar-refractivity contribution in [2.75, 3.05) is 54.1 Å². The van der Waals surface area contributed by atoms with Gasteiger partial charge in [-0.2, -0.15) is 0 Å². The van der Waals surface area contributed by atoms with Gasteiger partial charge in [0, 0.05) is 25.2 Å². The fraction of sp³-hybridized carbons (Fsp3) is 0.625. The van der Waals surface area contributed by atoms with Crippen molar-refractivity contribution in [3.05, 3.63) is 29.3 Å². The van der Waals surface area contributed by atoms with E-state index in [-0.39, 0.29) is 0 Å². The number of nitrogens with one attached hydrogen (secondary N) is 1. The molecule has 0 saturated heterocycles. The number of aryl methyl sites for hydroxylation is 1. The summed E-state index contributed by atoms with van der Waals surface area (Å²) < 4.78 is 10.8. The van der Waals surface area contributed by atoms with Crippen LogP contribution in [0.2, 0.25) is 0 Å². The van der Waals surface area contributed by atoms with Crippen LogP contribution in [0.25, 0.3) is 0 Å². The molecule has 1 unspecified atom stereocenters. The first kappa shape index (κ1) is 17.9. The number of ether oxygens (including phenoxy) is 2. The number of nitrogens with zero attached hydrogens (tertiary/aromatic N) is 1. The van der Waals surface area contributed by atoms with Gasteiger partial charge in [-0.15, -0.1) is 0 Å². The smallest absolute Gasteiger partial charge is 0.124 e. The van der Waals surface area contributed by atoms with Crippen molar-refractivity contribution in [1.82, 2.24) is 10.2 Å². The summed E-state index contributed by atoms with van der Waals surface area (Å²) in [7, 11) is 5.66. The Labute approximate surface area is 127 Å². The first-order valence-electron chi connectivity index (χ1n) is 7.30. The Morgan fingerprint density at radius 1 is 1.29 bits per heavy atom. The lowest BCUT2D eigenvalue weighted by atomic mass is 10.1. The van der Waals surface area contributed by atoms with Crippen LogP contribution in [0, 0.1) is 6.92 Å². The van der Waals surface area contributed by atoms with Gasteiger partial charge in [0.15, 0.2) is 0 Å². The maximum atomic E-state index is 10.2. The molecule has 0 bridgehead atoms. The minimum atomic E-state index is -0.582. The number of hydrogen-bond donors (Lipinski definition) is 2. The summed E-state index contributed by atoms with van der Waals surface area (Å²) in [6.07, 6.45) is -0.582. The normalized spacial score (nSPS) is 12.7. The molecule has 0 spiro atoms. The van der Waals surface area contributed by atoms with Crippen LogP contribution >= 0.6 is 0 Å². The Balaban J connectivity index is 2.27. The number of rotatable bonds is 10. The summed E-state index contributed by atoms with van der Waals surface area (Å²) in [5.41, 5.74) is 1.93.